The van der Waals surface area contributed by atoms with Crippen molar-refractivity contribution in [3.05, 3.63) is 29.3 Å². The molecule has 0 heterocycles. The van der Waals surface area contributed by atoms with Crippen LogP contribution in [-0.4, -0.2) is 17.8 Å². The summed E-state index contributed by atoms with van der Waals surface area (Å²) >= 11 is 5.78. The Morgan fingerprint density at radius 1 is 1.50 bits per heavy atom. The fourth-order valence-electron chi connectivity index (χ4n) is 1.07. The maximum atomic E-state index is 9.28. The lowest BCUT2D eigenvalue weighted by Crippen LogP contribution is -2.10. The molecule has 1 aromatic carbocycles. The molecule has 0 amide bonds. The van der Waals surface area contributed by atoms with Crippen LogP contribution in [0.3, 0.4) is 0 Å². The summed E-state index contributed by atoms with van der Waals surface area (Å²) in [4.78, 5) is 0. The first-order valence-corrected chi connectivity index (χ1v) is 5.16. The smallest absolute Gasteiger partial charge is 0.120 e. The van der Waals surface area contributed by atoms with Gasteiger partial charge in [0, 0.05) is 11.4 Å². The molecule has 14 heavy (non-hydrogen) atoms. The summed E-state index contributed by atoms with van der Waals surface area (Å²) < 4.78 is 5.41. The Balaban J connectivity index is 2.31. The zero-order chi connectivity index (χ0) is 10.4. The zero-order valence-electron chi connectivity index (χ0n) is 8.24. The average Bonchev–Trinajstić information content (AvgIpc) is 2.17. The molecule has 0 bridgehead atoms. The van der Waals surface area contributed by atoms with Gasteiger partial charge in [0.25, 0.3) is 0 Å². The molecule has 1 atom stereocenters. The summed E-state index contributed by atoms with van der Waals surface area (Å²) in [7, 11) is 0. The molecule has 3 heteroatoms. The van der Waals surface area contributed by atoms with E-state index in [0.717, 1.165) is 12.2 Å². The van der Waals surface area contributed by atoms with E-state index in [0.29, 0.717) is 18.1 Å². The Kier molecular flexibility index (Phi) is 4.77. The standard InChI is InChI=1S/C11H15ClO2/c1-2-10(13)6-7-14-11-5-3-4-9(12)8-11/h3-5,8,10,13H,2,6-7H2,1H3. The van der Waals surface area contributed by atoms with E-state index in [1.165, 1.54) is 0 Å². The molecular formula is C11H15ClO2. The Labute approximate surface area is 89.5 Å². The molecule has 0 fully saturated rings. The lowest BCUT2D eigenvalue weighted by Gasteiger charge is -2.09. The highest BCUT2D eigenvalue weighted by molar-refractivity contribution is 6.30. The second-order valence-electron chi connectivity index (χ2n) is 3.16. The van der Waals surface area contributed by atoms with Crippen LogP contribution in [0.1, 0.15) is 19.8 Å². The van der Waals surface area contributed by atoms with Crippen LogP contribution in [0, 0.1) is 0 Å². The quantitative estimate of drug-likeness (QED) is 0.817. The van der Waals surface area contributed by atoms with Crippen molar-refractivity contribution in [3.8, 4) is 5.75 Å². The van der Waals surface area contributed by atoms with Crippen LogP contribution in [0.25, 0.3) is 0 Å². The zero-order valence-corrected chi connectivity index (χ0v) is 9.00. The molecule has 0 aliphatic rings. The van der Waals surface area contributed by atoms with Gasteiger partial charge in [0.1, 0.15) is 5.75 Å². The Hall–Kier alpha value is -0.730. The number of aliphatic hydroxyl groups excluding tert-OH is 1. The molecule has 78 valence electrons. The molecule has 1 rings (SSSR count). The van der Waals surface area contributed by atoms with Gasteiger partial charge < -0.3 is 9.84 Å². The summed E-state index contributed by atoms with van der Waals surface area (Å²) in [5.74, 6) is 0.751. The summed E-state index contributed by atoms with van der Waals surface area (Å²) in [6.07, 6.45) is 1.15. The first kappa shape index (κ1) is 11.3. The molecule has 0 aliphatic heterocycles. The molecule has 1 N–H and O–H groups in total. The topological polar surface area (TPSA) is 29.5 Å². The van der Waals surface area contributed by atoms with Crippen LogP contribution in [-0.2, 0) is 0 Å². The van der Waals surface area contributed by atoms with Crippen LogP contribution in [0.15, 0.2) is 24.3 Å². The van der Waals surface area contributed by atoms with Crippen molar-refractivity contribution < 1.29 is 9.84 Å². The summed E-state index contributed by atoms with van der Waals surface area (Å²) in [5, 5.41) is 9.95. The first-order valence-electron chi connectivity index (χ1n) is 4.78. The summed E-state index contributed by atoms with van der Waals surface area (Å²) in [5.41, 5.74) is 0. The number of ether oxygens (including phenoxy) is 1. The van der Waals surface area contributed by atoms with Crippen molar-refractivity contribution in [2.24, 2.45) is 0 Å². The third-order valence-corrected chi connectivity index (χ3v) is 2.22. The fraction of sp³-hybridized carbons (Fsp3) is 0.455. The van der Waals surface area contributed by atoms with Gasteiger partial charge in [-0.15, -0.1) is 0 Å². The molecule has 0 spiro atoms. The van der Waals surface area contributed by atoms with Crippen LogP contribution in [0.4, 0.5) is 0 Å². The number of aliphatic hydroxyl groups is 1. The van der Waals surface area contributed by atoms with Crippen LogP contribution in [0.2, 0.25) is 5.02 Å². The van der Waals surface area contributed by atoms with E-state index < -0.39 is 0 Å². The average molecular weight is 215 g/mol. The minimum Gasteiger partial charge on any atom is -0.493 e. The summed E-state index contributed by atoms with van der Waals surface area (Å²) in [6, 6.07) is 7.26. The normalized spacial score (nSPS) is 12.5. The van der Waals surface area contributed by atoms with E-state index in [1.807, 2.05) is 19.1 Å². The minimum absolute atomic E-state index is 0.269. The van der Waals surface area contributed by atoms with Gasteiger partial charge in [0.2, 0.25) is 0 Å². The lowest BCUT2D eigenvalue weighted by molar-refractivity contribution is 0.135. The highest BCUT2D eigenvalue weighted by Gasteiger charge is 2.01. The van der Waals surface area contributed by atoms with Gasteiger partial charge in [-0.2, -0.15) is 0 Å². The second-order valence-corrected chi connectivity index (χ2v) is 3.59. The second kappa shape index (κ2) is 5.89. The van der Waals surface area contributed by atoms with Crippen LogP contribution in [0.5, 0.6) is 5.75 Å². The monoisotopic (exact) mass is 214 g/mol. The van der Waals surface area contributed by atoms with E-state index in [4.69, 9.17) is 16.3 Å². The fourth-order valence-corrected chi connectivity index (χ4v) is 1.25. The molecule has 1 unspecified atom stereocenters. The van der Waals surface area contributed by atoms with E-state index in [-0.39, 0.29) is 6.10 Å². The number of hydrogen-bond donors (Lipinski definition) is 1. The largest absolute Gasteiger partial charge is 0.493 e. The Bertz CT molecular complexity index is 276. The predicted molar refractivity (Wildman–Crippen MR) is 57.9 cm³/mol. The SMILES string of the molecule is CCC(O)CCOc1cccc(Cl)c1. The predicted octanol–water partition coefficient (Wildman–Crippen LogP) is 2.88. The first-order chi connectivity index (χ1) is 6.72. The van der Waals surface area contributed by atoms with Crippen molar-refractivity contribution in [1.29, 1.82) is 0 Å². The van der Waals surface area contributed by atoms with Crippen molar-refractivity contribution in [2.75, 3.05) is 6.61 Å². The van der Waals surface area contributed by atoms with E-state index in [2.05, 4.69) is 0 Å². The third-order valence-electron chi connectivity index (χ3n) is 1.99. The van der Waals surface area contributed by atoms with Gasteiger partial charge in [-0.1, -0.05) is 24.6 Å². The van der Waals surface area contributed by atoms with Crippen molar-refractivity contribution in [2.45, 2.75) is 25.9 Å². The van der Waals surface area contributed by atoms with Crippen molar-refractivity contribution in [3.63, 3.8) is 0 Å². The molecule has 0 radical (unpaired) electrons. The highest BCUT2D eigenvalue weighted by atomic mass is 35.5. The molecule has 0 aromatic heterocycles. The van der Waals surface area contributed by atoms with Crippen molar-refractivity contribution >= 4 is 11.6 Å². The van der Waals surface area contributed by atoms with Gasteiger partial charge >= 0.3 is 0 Å². The number of benzene rings is 1. The molecule has 0 saturated heterocycles. The third kappa shape index (κ3) is 3.99. The van der Waals surface area contributed by atoms with Crippen molar-refractivity contribution in [1.82, 2.24) is 0 Å². The number of rotatable bonds is 5. The summed E-state index contributed by atoms with van der Waals surface area (Å²) in [6.45, 7) is 2.47. The number of hydrogen-bond acceptors (Lipinski definition) is 2. The van der Waals surface area contributed by atoms with Gasteiger partial charge in [0.15, 0.2) is 0 Å². The Morgan fingerprint density at radius 3 is 2.93 bits per heavy atom. The molecule has 0 aliphatic carbocycles. The molecular weight excluding hydrogens is 200 g/mol. The van der Waals surface area contributed by atoms with E-state index in [1.54, 1.807) is 12.1 Å². The minimum atomic E-state index is -0.269. The molecule has 0 saturated carbocycles. The highest BCUT2D eigenvalue weighted by Crippen LogP contribution is 2.17. The Morgan fingerprint density at radius 2 is 2.29 bits per heavy atom. The van der Waals surface area contributed by atoms with Gasteiger partial charge in [-0.05, 0) is 24.6 Å². The van der Waals surface area contributed by atoms with Gasteiger partial charge in [0.05, 0.1) is 12.7 Å². The van der Waals surface area contributed by atoms with Gasteiger partial charge in [-0.3, -0.25) is 0 Å². The van der Waals surface area contributed by atoms with Crippen LogP contribution >= 0.6 is 11.6 Å². The lowest BCUT2D eigenvalue weighted by atomic mass is 10.2. The number of halogens is 1. The molecule has 2 nitrogen and oxygen atoms in total. The maximum absolute atomic E-state index is 9.28. The van der Waals surface area contributed by atoms with Crippen LogP contribution < -0.4 is 4.74 Å². The molecule has 1 aromatic rings. The van der Waals surface area contributed by atoms with E-state index >= 15 is 0 Å². The van der Waals surface area contributed by atoms with Gasteiger partial charge in [-0.25, -0.2) is 0 Å². The van der Waals surface area contributed by atoms with E-state index in [9.17, 15) is 5.11 Å². The maximum Gasteiger partial charge on any atom is 0.120 e.